The molecule has 2 N–H and O–H groups in total. The maximum absolute atomic E-state index is 11.5. The van der Waals surface area contributed by atoms with Crippen LogP contribution in [0, 0.1) is 0 Å². The molecule has 3 atom stereocenters. The van der Waals surface area contributed by atoms with Gasteiger partial charge in [-0.3, -0.25) is 9.59 Å². The minimum Gasteiger partial charge on any atom is -0.374 e. The van der Waals surface area contributed by atoms with Crippen molar-refractivity contribution in [2.45, 2.75) is 58.9 Å². The van der Waals surface area contributed by atoms with Gasteiger partial charge in [-0.05, 0) is 46.8 Å². The van der Waals surface area contributed by atoms with E-state index in [2.05, 4.69) is 23.8 Å². The molecule has 0 rings (SSSR count). The van der Waals surface area contributed by atoms with Gasteiger partial charge in [-0.25, -0.2) is 0 Å². The van der Waals surface area contributed by atoms with Crippen molar-refractivity contribution in [1.29, 1.82) is 0 Å². The van der Waals surface area contributed by atoms with Crippen LogP contribution in [-0.2, 0) is 22.9 Å². The Labute approximate surface area is 152 Å². The molecule has 2 amide bonds. The van der Waals surface area contributed by atoms with Gasteiger partial charge in [0.1, 0.15) is 0 Å². The average Bonchev–Trinajstić information content (AvgIpc) is 2.54. The smallest absolute Gasteiger partial charge is 0.374 e. The van der Waals surface area contributed by atoms with E-state index in [4.69, 9.17) is 13.3 Å². The largest absolute Gasteiger partial charge is 0.503 e. The molecule has 8 heteroatoms. The number of amides is 2. The summed E-state index contributed by atoms with van der Waals surface area (Å²) in [6.45, 7) is 17.0. The van der Waals surface area contributed by atoms with Gasteiger partial charge in [0.25, 0.3) is 0 Å². The fourth-order valence-electron chi connectivity index (χ4n) is 2.23. The molecule has 0 aromatic carbocycles. The van der Waals surface area contributed by atoms with Crippen LogP contribution in [0.1, 0.15) is 34.6 Å². The van der Waals surface area contributed by atoms with E-state index in [0.717, 1.165) is 0 Å². The molecule has 0 aromatic heterocycles. The van der Waals surface area contributed by atoms with Gasteiger partial charge in [0.2, 0.25) is 11.8 Å². The van der Waals surface area contributed by atoms with E-state index in [9.17, 15) is 9.59 Å². The van der Waals surface area contributed by atoms with Crippen molar-refractivity contribution in [3.8, 4) is 0 Å². The Bertz CT molecular complexity index is 452. The first kappa shape index (κ1) is 23.5. The van der Waals surface area contributed by atoms with Crippen molar-refractivity contribution >= 4 is 20.6 Å². The highest BCUT2D eigenvalue weighted by atomic mass is 28.4. The molecule has 0 aliphatic heterocycles. The van der Waals surface area contributed by atoms with E-state index in [1.54, 1.807) is 0 Å². The summed E-state index contributed by atoms with van der Waals surface area (Å²) >= 11 is 0. The van der Waals surface area contributed by atoms with Crippen molar-refractivity contribution in [3.63, 3.8) is 0 Å². The molecule has 7 nitrogen and oxygen atoms in total. The average molecular weight is 373 g/mol. The highest BCUT2D eigenvalue weighted by Gasteiger charge is 2.44. The Kier molecular flexibility index (Phi) is 11.3. The van der Waals surface area contributed by atoms with Crippen molar-refractivity contribution in [3.05, 3.63) is 25.3 Å². The van der Waals surface area contributed by atoms with Crippen LogP contribution < -0.4 is 10.6 Å². The Morgan fingerprint density at radius 2 is 1.48 bits per heavy atom. The van der Waals surface area contributed by atoms with Crippen LogP contribution in [0.25, 0.3) is 0 Å². The standard InChI is InChI=1S/C17H32N2O5Si/c1-8-16(20)18-13(5)12-25(22-10-3,23-11-4)24-15(7)14(6)19-17(21)9-2/h8-9,13-15H,1-2,10-12H2,3-7H3,(H,18,20)(H,19,21). The highest BCUT2D eigenvalue weighted by Crippen LogP contribution is 2.21. The summed E-state index contributed by atoms with van der Waals surface area (Å²) < 4.78 is 18.0. The summed E-state index contributed by atoms with van der Waals surface area (Å²) in [7, 11) is -3.05. The van der Waals surface area contributed by atoms with Gasteiger partial charge < -0.3 is 23.9 Å². The monoisotopic (exact) mass is 372 g/mol. The number of nitrogens with one attached hydrogen (secondary N) is 2. The lowest BCUT2D eigenvalue weighted by atomic mass is 10.2. The number of rotatable bonds is 13. The summed E-state index contributed by atoms with van der Waals surface area (Å²) in [5.74, 6) is -0.530. The molecular weight excluding hydrogens is 340 g/mol. The SMILES string of the molecule is C=CC(=O)NC(C)C[Si](OCC)(OCC)OC(C)C(C)NC(=O)C=C. The summed E-state index contributed by atoms with van der Waals surface area (Å²) in [4.78, 5) is 23.0. The molecule has 3 unspecified atom stereocenters. The number of hydrogen-bond donors (Lipinski definition) is 2. The van der Waals surface area contributed by atoms with E-state index in [1.807, 2.05) is 34.6 Å². The molecule has 0 aliphatic carbocycles. The fraction of sp³-hybridized carbons (Fsp3) is 0.647. The topological polar surface area (TPSA) is 85.9 Å². The second-order valence-corrected chi connectivity index (χ2v) is 8.28. The lowest BCUT2D eigenvalue weighted by Crippen LogP contribution is -2.55. The third-order valence-corrected chi connectivity index (χ3v) is 6.78. The molecule has 144 valence electrons. The van der Waals surface area contributed by atoms with E-state index >= 15 is 0 Å². The van der Waals surface area contributed by atoms with Crippen LogP contribution in [0.15, 0.2) is 25.3 Å². The van der Waals surface area contributed by atoms with Crippen LogP contribution in [0.4, 0.5) is 0 Å². The molecule has 0 saturated heterocycles. The van der Waals surface area contributed by atoms with Crippen molar-refractivity contribution in [2.24, 2.45) is 0 Å². The van der Waals surface area contributed by atoms with Gasteiger partial charge in [-0.15, -0.1) is 0 Å². The van der Waals surface area contributed by atoms with E-state index < -0.39 is 8.80 Å². The van der Waals surface area contributed by atoms with Gasteiger partial charge in [0, 0.05) is 25.3 Å². The number of carbonyl (C=O) groups is 2. The first-order chi connectivity index (χ1) is 11.7. The van der Waals surface area contributed by atoms with Crippen molar-refractivity contribution in [2.75, 3.05) is 13.2 Å². The Morgan fingerprint density at radius 3 is 1.92 bits per heavy atom. The molecule has 0 bridgehead atoms. The Hall–Kier alpha value is -1.48. The molecule has 0 heterocycles. The normalized spacial score (nSPS) is 14.9. The minimum atomic E-state index is -3.05. The summed E-state index contributed by atoms with van der Waals surface area (Å²) in [5, 5.41) is 5.58. The molecule has 0 aliphatic rings. The second kappa shape index (κ2) is 12.0. The summed E-state index contributed by atoms with van der Waals surface area (Å²) in [6, 6.07) is -0.0438. The second-order valence-electron chi connectivity index (χ2n) is 5.69. The summed E-state index contributed by atoms with van der Waals surface area (Å²) in [6.07, 6.45) is 2.10. The number of hydrogen-bond acceptors (Lipinski definition) is 5. The van der Waals surface area contributed by atoms with Gasteiger partial charge in [0.15, 0.2) is 0 Å². The number of carbonyl (C=O) groups excluding carboxylic acids is 2. The summed E-state index contributed by atoms with van der Waals surface area (Å²) in [5.41, 5.74) is 0. The van der Waals surface area contributed by atoms with Gasteiger partial charge in [0.05, 0.1) is 12.1 Å². The lowest BCUT2D eigenvalue weighted by molar-refractivity contribution is -0.118. The van der Waals surface area contributed by atoms with E-state index in [1.165, 1.54) is 12.2 Å². The lowest BCUT2D eigenvalue weighted by Gasteiger charge is -2.35. The fourth-order valence-corrected chi connectivity index (χ4v) is 5.28. The zero-order valence-corrected chi connectivity index (χ0v) is 17.0. The zero-order chi connectivity index (χ0) is 19.5. The molecule has 0 aromatic rings. The van der Waals surface area contributed by atoms with Crippen LogP contribution >= 0.6 is 0 Å². The molecule has 0 fully saturated rings. The van der Waals surface area contributed by atoms with Gasteiger partial charge in [-0.2, -0.15) is 0 Å². The predicted molar refractivity (Wildman–Crippen MR) is 100.0 cm³/mol. The van der Waals surface area contributed by atoms with Crippen LogP contribution in [0.3, 0.4) is 0 Å². The minimum absolute atomic E-state index is 0.208. The van der Waals surface area contributed by atoms with Gasteiger partial charge in [-0.1, -0.05) is 13.2 Å². The Morgan fingerprint density at radius 1 is 1.00 bits per heavy atom. The maximum Gasteiger partial charge on any atom is 0.503 e. The zero-order valence-electron chi connectivity index (χ0n) is 16.0. The first-order valence-electron chi connectivity index (χ1n) is 8.55. The maximum atomic E-state index is 11.5. The molecule has 0 saturated carbocycles. The van der Waals surface area contributed by atoms with Crippen LogP contribution in [-0.4, -0.2) is 52.0 Å². The molecule has 25 heavy (non-hydrogen) atoms. The van der Waals surface area contributed by atoms with Crippen molar-refractivity contribution < 1.29 is 22.9 Å². The third-order valence-electron chi connectivity index (χ3n) is 3.48. The van der Waals surface area contributed by atoms with Gasteiger partial charge >= 0.3 is 8.80 Å². The van der Waals surface area contributed by atoms with E-state index in [-0.39, 0.29) is 30.0 Å². The molecule has 0 spiro atoms. The first-order valence-corrected chi connectivity index (χ1v) is 10.5. The molecule has 0 radical (unpaired) electrons. The van der Waals surface area contributed by atoms with Crippen LogP contribution in [0.2, 0.25) is 6.04 Å². The van der Waals surface area contributed by atoms with E-state index in [0.29, 0.717) is 19.3 Å². The predicted octanol–water partition coefficient (Wildman–Crippen LogP) is 1.78. The van der Waals surface area contributed by atoms with Crippen LogP contribution in [0.5, 0.6) is 0 Å². The third kappa shape index (κ3) is 8.96. The highest BCUT2D eigenvalue weighted by molar-refractivity contribution is 6.61. The quantitative estimate of drug-likeness (QED) is 0.380. The van der Waals surface area contributed by atoms with Crippen molar-refractivity contribution in [1.82, 2.24) is 10.6 Å². The Balaban J connectivity index is 5.16. The molecular formula is C17H32N2O5Si.